The van der Waals surface area contributed by atoms with Crippen molar-refractivity contribution in [3.8, 4) is 11.1 Å². The molecule has 1 aromatic carbocycles. The maximum absolute atomic E-state index is 14.8. The molecule has 0 radical (unpaired) electrons. The van der Waals surface area contributed by atoms with Gasteiger partial charge in [0, 0.05) is 34.4 Å². The average molecular weight is 405 g/mol. The number of nitrogens with one attached hydrogen (secondary N) is 3. The Morgan fingerprint density at radius 3 is 2.80 bits per heavy atom. The molecule has 0 amide bonds. The number of benzene rings is 1. The molecule has 1 aliphatic rings. The van der Waals surface area contributed by atoms with Crippen LogP contribution < -0.4 is 5.32 Å². The van der Waals surface area contributed by atoms with E-state index in [4.69, 9.17) is 0 Å². The predicted molar refractivity (Wildman–Crippen MR) is 115 cm³/mol. The molecule has 4 heterocycles. The number of H-pyrrole nitrogens is 2. The fourth-order valence-corrected chi connectivity index (χ4v) is 4.17. The third kappa shape index (κ3) is 3.66. The Hall–Kier alpha value is -3.26. The van der Waals surface area contributed by atoms with Crippen LogP contribution in [0.15, 0.2) is 42.9 Å². The first-order valence-electron chi connectivity index (χ1n) is 10.2. The van der Waals surface area contributed by atoms with E-state index in [0.717, 1.165) is 54.0 Å². The second kappa shape index (κ2) is 7.87. The van der Waals surface area contributed by atoms with Gasteiger partial charge in [-0.25, -0.2) is 14.4 Å². The fraction of sp³-hybridized carbons (Fsp3) is 0.318. The maximum Gasteiger partial charge on any atom is 0.143 e. The molecule has 7 nitrogen and oxygen atoms in total. The zero-order valence-electron chi connectivity index (χ0n) is 16.8. The lowest BCUT2D eigenvalue weighted by atomic mass is 9.93. The predicted octanol–water partition coefficient (Wildman–Crippen LogP) is 3.91. The first-order valence-corrected chi connectivity index (χ1v) is 10.2. The highest BCUT2D eigenvalue weighted by Crippen LogP contribution is 2.35. The Labute approximate surface area is 173 Å². The number of hydrogen-bond donors (Lipinski definition) is 3. The molecule has 1 saturated heterocycles. The van der Waals surface area contributed by atoms with Crippen LogP contribution in [-0.2, 0) is 6.54 Å². The number of pyridine rings is 1. The number of halogens is 1. The van der Waals surface area contributed by atoms with E-state index >= 15 is 0 Å². The number of piperidine rings is 1. The van der Waals surface area contributed by atoms with Crippen LogP contribution >= 0.6 is 0 Å². The van der Waals surface area contributed by atoms with Crippen LogP contribution in [0.3, 0.4) is 0 Å². The molecule has 0 spiro atoms. The lowest BCUT2D eigenvalue weighted by Crippen LogP contribution is -2.29. The first-order chi connectivity index (χ1) is 14.7. The third-order valence-electron chi connectivity index (χ3n) is 5.89. The zero-order valence-corrected chi connectivity index (χ0v) is 16.8. The van der Waals surface area contributed by atoms with Gasteiger partial charge in [-0.2, -0.15) is 5.10 Å². The topological polar surface area (TPSA) is 85.5 Å². The summed E-state index contributed by atoms with van der Waals surface area (Å²) in [7, 11) is 2.16. The molecule has 30 heavy (non-hydrogen) atoms. The van der Waals surface area contributed by atoms with Gasteiger partial charge in [-0.15, -0.1) is 0 Å². The number of aromatic nitrogens is 5. The Kier molecular flexibility index (Phi) is 4.92. The second-order valence-electron chi connectivity index (χ2n) is 7.90. The minimum absolute atomic E-state index is 0.255. The van der Waals surface area contributed by atoms with Crippen molar-refractivity contribution in [1.29, 1.82) is 0 Å². The van der Waals surface area contributed by atoms with Crippen molar-refractivity contribution in [2.24, 2.45) is 0 Å². The average Bonchev–Trinajstić information content (AvgIpc) is 3.43. The molecule has 0 bridgehead atoms. The molecule has 0 aliphatic carbocycles. The van der Waals surface area contributed by atoms with Gasteiger partial charge in [-0.1, -0.05) is 0 Å². The Morgan fingerprint density at radius 1 is 1.13 bits per heavy atom. The van der Waals surface area contributed by atoms with Gasteiger partial charge < -0.3 is 15.2 Å². The van der Waals surface area contributed by atoms with Crippen molar-refractivity contribution >= 4 is 16.7 Å². The highest BCUT2D eigenvalue weighted by molar-refractivity contribution is 5.94. The molecule has 0 saturated carbocycles. The maximum atomic E-state index is 14.8. The Balaban J connectivity index is 1.47. The van der Waals surface area contributed by atoms with Gasteiger partial charge >= 0.3 is 0 Å². The smallest absolute Gasteiger partial charge is 0.143 e. The van der Waals surface area contributed by atoms with Gasteiger partial charge in [-0.3, -0.25) is 5.10 Å². The van der Waals surface area contributed by atoms with Gasteiger partial charge in [0.2, 0.25) is 0 Å². The third-order valence-corrected chi connectivity index (χ3v) is 5.89. The quantitative estimate of drug-likeness (QED) is 0.469. The van der Waals surface area contributed by atoms with Crippen molar-refractivity contribution in [3.63, 3.8) is 0 Å². The fourth-order valence-electron chi connectivity index (χ4n) is 4.17. The van der Waals surface area contributed by atoms with Crippen LogP contribution in [0.25, 0.3) is 22.2 Å². The molecule has 8 heteroatoms. The van der Waals surface area contributed by atoms with Crippen LogP contribution in [0, 0.1) is 5.82 Å². The van der Waals surface area contributed by atoms with Gasteiger partial charge in [0.25, 0.3) is 0 Å². The van der Waals surface area contributed by atoms with Gasteiger partial charge in [-0.05, 0) is 68.9 Å². The van der Waals surface area contributed by atoms with E-state index in [1.807, 2.05) is 12.1 Å². The minimum Gasteiger partial charge on any atom is -0.378 e. The van der Waals surface area contributed by atoms with Crippen LogP contribution in [0.1, 0.15) is 30.3 Å². The van der Waals surface area contributed by atoms with Crippen molar-refractivity contribution < 1.29 is 4.39 Å². The number of likely N-dealkylation sites (tertiary alicyclic amines) is 1. The van der Waals surface area contributed by atoms with Crippen LogP contribution in [0.5, 0.6) is 0 Å². The van der Waals surface area contributed by atoms with E-state index in [1.165, 1.54) is 18.1 Å². The first kappa shape index (κ1) is 18.7. The highest BCUT2D eigenvalue weighted by Gasteiger charge is 2.21. The molecular weight excluding hydrogens is 381 g/mol. The van der Waals surface area contributed by atoms with E-state index in [0.29, 0.717) is 18.0 Å². The van der Waals surface area contributed by atoms with Crippen LogP contribution in [0.4, 0.5) is 10.1 Å². The van der Waals surface area contributed by atoms with Gasteiger partial charge in [0.15, 0.2) is 0 Å². The molecule has 0 unspecified atom stereocenters. The monoisotopic (exact) mass is 405 g/mol. The van der Waals surface area contributed by atoms with E-state index in [2.05, 4.69) is 48.5 Å². The van der Waals surface area contributed by atoms with Crippen molar-refractivity contribution in [2.75, 3.05) is 25.5 Å². The summed E-state index contributed by atoms with van der Waals surface area (Å²) in [5, 5.41) is 10.9. The summed E-state index contributed by atoms with van der Waals surface area (Å²) >= 11 is 0. The SMILES string of the molecule is CN1CCC(c2cc3c(-c4cc(NCc5ncn[nH]5)ccc4F)ccnc3[nH]2)CC1. The lowest BCUT2D eigenvalue weighted by Gasteiger charge is -2.28. The number of nitrogens with zero attached hydrogens (tertiary/aromatic N) is 4. The normalized spacial score (nSPS) is 15.7. The summed E-state index contributed by atoms with van der Waals surface area (Å²) < 4.78 is 14.8. The van der Waals surface area contributed by atoms with E-state index < -0.39 is 0 Å². The lowest BCUT2D eigenvalue weighted by molar-refractivity contribution is 0.254. The highest BCUT2D eigenvalue weighted by atomic mass is 19.1. The summed E-state index contributed by atoms with van der Waals surface area (Å²) in [6, 6.07) is 9.10. The number of fused-ring (bicyclic) bond motifs is 1. The summed E-state index contributed by atoms with van der Waals surface area (Å²) in [5.74, 6) is 0.957. The standard InChI is InChI=1S/C22H24FN7/c1-30-8-5-14(6-9-30)20-11-18-16(4-7-24-22(18)28-20)17-10-15(2-3-19(17)23)25-12-21-26-13-27-29-21/h2-4,7,10-11,13-14,25H,5-6,8-9,12H2,1H3,(H,24,28)(H,26,27,29). The van der Waals surface area contributed by atoms with Crippen molar-refractivity contribution in [1.82, 2.24) is 30.0 Å². The minimum atomic E-state index is -0.255. The summed E-state index contributed by atoms with van der Waals surface area (Å²) in [5.41, 5.74) is 4.22. The molecule has 4 aromatic rings. The largest absolute Gasteiger partial charge is 0.378 e. The number of aromatic amines is 2. The molecule has 1 aliphatic heterocycles. The van der Waals surface area contributed by atoms with Crippen LogP contribution in [-0.4, -0.2) is 50.2 Å². The van der Waals surface area contributed by atoms with Crippen molar-refractivity contribution in [2.45, 2.75) is 25.3 Å². The van der Waals surface area contributed by atoms with E-state index in [9.17, 15) is 4.39 Å². The second-order valence-corrected chi connectivity index (χ2v) is 7.90. The molecule has 5 rings (SSSR count). The van der Waals surface area contributed by atoms with Gasteiger partial charge in [0.05, 0.1) is 6.54 Å². The van der Waals surface area contributed by atoms with Crippen molar-refractivity contribution in [3.05, 3.63) is 60.2 Å². The summed E-state index contributed by atoms with van der Waals surface area (Å²) in [6.07, 6.45) is 5.44. The molecule has 0 atom stereocenters. The Morgan fingerprint density at radius 2 is 2.00 bits per heavy atom. The number of rotatable bonds is 5. The van der Waals surface area contributed by atoms with Crippen LogP contribution in [0.2, 0.25) is 0 Å². The molecule has 154 valence electrons. The van der Waals surface area contributed by atoms with E-state index in [-0.39, 0.29) is 5.82 Å². The number of anilines is 1. The summed E-state index contributed by atoms with van der Waals surface area (Å²) in [4.78, 5) is 14.4. The Bertz CT molecular complexity index is 1140. The zero-order chi connectivity index (χ0) is 20.5. The molecule has 3 N–H and O–H groups in total. The van der Waals surface area contributed by atoms with E-state index in [1.54, 1.807) is 12.3 Å². The molecule has 3 aromatic heterocycles. The summed E-state index contributed by atoms with van der Waals surface area (Å²) in [6.45, 7) is 2.67. The van der Waals surface area contributed by atoms with Gasteiger partial charge in [0.1, 0.15) is 23.6 Å². The molecular formula is C22H24FN7. The number of hydrogen-bond acceptors (Lipinski definition) is 5. The molecule has 1 fully saturated rings.